The molecule has 0 bridgehead atoms. The van der Waals surface area contributed by atoms with E-state index in [2.05, 4.69) is 78.1 Å². The molecule has 0 aliphatic heterocycles. The minimum absolute atomic E-state index is 0.631. The molecule has 3 rings (SSSR count). The Balaban J connectivity index is 1.58. The van der Waals surface area contributed by atoms with E-state index in [0.717, 1.165) is 36.6 Å². The van der Waals surface area contributed by atoms with Crippen LogP contribution in [0, 0.1) is 20.8 Å². The number of hydrogen-bond acceptors (Lipinski definition) is 2. The fraction of sp³-hybridized carbons (Fsp3) is 0.273. The Bertz CT molecular complexity index is 898. The van der Waals surface area contributed by atoms with Gasteiger partial charge >= 0.3 is 0 Å². The van der Waals surface area contributed by atoms with Gasteiger partial charge in [0.2, 0.25) is 0 Å². The summed E-state index contributed by atoms with van der Waals surface area (Å²) in [4.78, 5) is 0. The van der Waals surface area contributed by atoms with E-state index in [1.165, 1.54) is 16.7 Å². The molecule has 1 aromatic heterocycles. The van der Waals surface area contributed by atoms with Gasteiger partial charge in [-0.2, -0.15) is 5.10 Å². The second-order valence-corrected chi connectivity index (χ2v) is 7.21. The van der Waals surface area contributed by atoms with Crippen LogP contribution >= 0.6 is 12.2 Å². The van der Waals surface area contributed by atoms with Gasteiger partial charge in [0, 0.05) is 6.54 Å². The van der Waals surface area contributed by atoms with Crippen LogP contribution in [0.2, 0.25) is 0 Å². The number of nitrogens with zero attached hydrogens (tertiary/aromatic N) is 2. The fourth-order valence-electron chi connectivity index (χ4n) is 3.02. The third-order valence-electron chi connectivity index (χ3n) is 4.62. The minimum atomic E-state index is 0.631. The van der Waals surface area contributed by atoms with Crippen molar-refractivity contribution in [2.45, 2.75) is 33.7 Å². The van der Waals surface area contributed by atoms with Crippen LogP contribution in [0.4, 0.5) is 5.69 Å². The van der Waals surface area contributed by atoms with Crippen molar-refractivity contribution in [3.8, 4) is 0 Å². The van der Waals surface area contributed by atoms with Gasteiger partial charge in [-0.15, -0.1) is 0 Å². The van der Waals surface area contributed by atoms with E-state index in [1.807, 2.05) is 17.7 Å². The molecule has 1 heterocycles. The summed E-state index contributed by atoms with van der Waals surface area (Å²) in [5, 5.41) is 11.9. The fourth-order valence-corrected chi connectivity index (χ4v) is 3.23. The molecule has 0 unspecified atom stereocenters. The molecule has 5 heteroatoms. The second-order valence-electron chi connectivity index (χ2n) is 6.81. The minimum Gasteiger partial charge on any atom is -0.362 e. The van der Waals surface area contributed by atoms with Gasteiger partial charge in [-0.25, -0.2) is 0 Å². The molecular formula is C22H26N4S. The molecule has 0 saturated heterocycles. The van der Waals surface area contributed by atoms with Crippen molar-refractivity contribution >= 4 is 23.0 Å². The number of benzene rings is 2. The zero-order valence-corrected chi connectivity index (χ0v) is 16.9. The molecule has 3 aromatic rings. The maximum absolute atomic E-state index is 5.46. The Morgan fingerprint density at radius 2 is 1.67 bits per heavy atom. The zero-order chi connectivity index (χ0) is 19.2. The lowest BCUT2D eigenvalue weighted by molar-refractivity contribution is 0.659. The van der Waals surface area contributed by atoms with Crippen molar-refractivity contribution in [2.24, 2.45) is 0 Å². The van der Waals surface area contributed by atoms with E-state index < -0.39 is 0 Å². The zero-order valence-electron chi connectivity index (χ0n) is 16.1. The Morgan fingerprint density at radius 1 is 0.963 bits per heavy atom. The predicted octanol–water partition coefficient (Wildman–Crippen LogP) is 4.39. The Labute approximate surface area is 166 Å². The van der Waals surface area contributed by atoms with Crippen molar-refractivity contribution in [1.82, 2.24) is 15.1 Å². The smallest absolute Gasteiger partial charge is 0.170 e. The molecule has 0 aliphatic carbocycles. The second kappa shape index (κ2) is 8.82. The molecule has 2 N–H and O–H groups in total. The quantitative estimate of drug-likeness (QED) is 0.625. The van der Waals surface area contributed by atoms with Crippen LogP contribution in [-0.4, -0.2) is 21.4 Å². The first-order valence-electron chi connectivity index (χ1n) is 9.21. The van der Waals surface area contributed by atoms with Crippen LogP contribution in [0.15, 0.2) is 54.6 Å². The summed E-state index contributed by atoms with van der Waals surface area (Å²) in [5.41, 5.74) is 6.82. The number of nitrogens with one attached hydrogen (secondary N) is 2. The maximum Gasteiger partial charge on any atom is 0.170 e. The first-order chi connectivity index (χ1) is 13.0. The number of hydrogen-bond donors (Lipinski definition) is 2. The maximum atomic E-state index is 5.46. The molecule has 0 fully saturated rings. The number of aromatic nitrogens is 2. The molecule has 0 saturated carbocycles. The normalized spacial score (nSPS) is 10.6. The van der Waals surface area contributed by atoms with Crippen LogP contribution < -0.4 is 10.6 Å². The van der Waals surface area contributed by atoms with E-state index in [-0.39, 0.29) is 0 Å². The highest BCUT2D eigenvalue weighted by atomic mass is 32.1. The summed E-state index contributed by atoms with van der Waals surface area (Å²) < 4.78 is 2.02. The molecule has 0 spiro atoms. The van der Waals surface area contributed by atoms with Crippen LogP contribution in [0.5, 0.6) is 0 Å². The number of thiocarbonyl (C=S) groups is 1. The van der Waals surface area contributed by atoms with Gasteiger partial charge in [-0.3, -0.25) is 4.68 Å². The van der Waals surface area contributed by atoms with Crippen molar-refractivity contribution in [3.63, 3.8) is 0 Å². The van der Waals surface area contributed by atoms with Crippen molar-refractivity contribution in [1.29, 1.82) is 0 Å². The van der Waals surface area contributed by atoms with E-state index in [9.17, 15) is 0 Å². The predicted molar refractivity (Wildman–Crippen MR) is 116 cm³/mol. The monoisotopic (exact) mass is 378 g/mol. The molecule has 0 amide bonds. The summed E-state index contributed by atoms with van der Waals surface area (Å²) in [6.45, 7) is 7.73. The summed E-state index contributed by atoms with van der Waals surface area (Å²) in [7, 11) is 0. The van der Waals surface area contributed by atoms with Gasteiger partial charge in [0.15, 0.2) is 5.11 Å². The topological polar surface area (TPSA) is 41.9 Å². The molecule has 0 aliphatic rings. The third-order valence-corrected chi connectivity index (χ3v) is 4.86. The van der Waals surface area contributed by atoms with Gasteiger partial charge in [0.05, 0.1) is 23.6 Å². The molecule has 0 atom stereocenters. The Kier molecular flexibility index (Phi) is 6.24. The summed E-state index contributed by atoms with van der Waals surface area (Å²) in [6.07, 6.45) is 0.938. The van der Waals surface area contributed by atoms with Gasteiger partial charge in [-0.1, -0.05) is 60.2 Å². The highest BCUT2D eigenvalue weighted by Gasteiger charge is 2.13. The molecule has 0 radical (unpaired) electrons. The lowest BCUT2D eigenvalue weighted by Crippen LogP contribution is -2.30. The largest absolute Gasteiger partial charge is 0.362 e. The number of rotatable bonds is 6. The first-order valence-corrected chi connectivity index (χ1v) is 9.62. The van der Waals surface area contributed by atoms with Crippen LogP contribution in [0.1, 0.15) is 28.1 Å². The van der Waals surface area contributed by atoms with Gasteiger partial charge in [0.25, 0.3) is 0 Å². The van der Waals surface area contributed by atoms with E-state index >= 15 is 0 Å². The molecular weight excluding hydrogens is 352 g/mol. The molecule has 4 nitrogen and oxygen atoms in total. The summed E-state index contributed by atoms with van der Waals surface area (Å²) in [6, 6.07) is 19.0. The molecule has 2 aromatic carbocycles. The lowest BCUT2D eigenvalue weighted by atomic mass is 10.1. The number of anilines is 1. The summed E-state index contributed by atoms with van der Waals surface area (Å²) >= 11 is 5.46. The molecule has 27 heavy (non-hydrogen) atoms. The Morgan fingerprint density at radius 3 is 2.37 bits per heavy atom. The van der Waals surface area contributed by atoms with Crippen molar-refractivity contribution < 1.29 is 0 Å². The van der Waals surface area contributed by atoms with Crippen LogP contribution in [0.3, 0.4) is 0 Å². The van der Waals surface area contributed by atoms with Crippen molar-refractivity contribution in [3.05, 3.63) is 82.7 Å². The highest BCUT2D eigenvalue weighted by Crippen LogP contribution is 2.20. The Hall–Kier alpha value is -2.66. The number of aryl methyl sites for hydroxylation is 2. The highest BCUT2D eigenvalue weighted by molar-refractivity contribution is 7.80. The van der Waals surface area contributed by atoms with Crippen molar-refractivity contribution in [2.75, 3.05) is 11.9 Å². The SMILES string of the molecule is Cc1ccc(Cn2nc(C)c(NC(=S)NCCc3ccccc3)c2C)cc1. The van der Waals surface area contributed by atoms with E-state index in [0.29, 0.717) is 5.11 Å². The average Bonchev–Trinajstić information content (AvgIpc) is 2.92. The summed E-state index contributed by atoms with van der Waals surface area (Å²) in [5.74, 6) is 0. The lowest BCUT2D eigenvalue weighted by Gasteiger charge is -2.11. The average molecular weight is 379 g/mol. The molecule has 140 valence electrons. The van der Waals surface area contributed by atoms with Gasteiger partial charge in [-0.05, 0) is 50.5 Å². The standard InChI is InChI=1S/C22H26N4S/c1-16-9-11-20(12-10-16)15-26-18(3)21(17(2)25-26)24-22(27)23-14-13-19-7-5-4-6-8-19/h4-12H,13-15H2,1-3H3,(H2,23,24,27). The third kappa shape index (κ3) is 5.17. The van der Waals surface area contributed by atoms with E-state index in [4.69, 9.17) is 12.2 Å². The first kappa shape index (κ1) is 19.1. The van der Waals surface area contributed by atoms with Gasteiger partial charge in [0.1, 0.15) is 0 Å². The van der Waals surface area contributed by atoms with Gasteiger partial charge < -0.3 is 10.6 Å². The van der Waals surface area contributed by atoms with Crippen LogP contribution in [0.25, 0.3) is 0 Å². The van der Waals surface area contributed by atoms with E-state index in [1.54, 1.807) is 0 Å². The van der Waals surface area contributed by atoms with Crippen LogP contribution in [-0.2, 0) is 13.0 Å².